The number of carbonyl (C=O) groups excluding carboxylic acids is 1. The summed E-state index contributed by atoms with van der Waals surface area (Å²) in [6.07, 6.45) is 1.34. The lowest BCUT2D eigenvalue weighted by molar-refractivity contribution is -0.123. The summed E-state index contributed by atoms with van der Waals surface area (Å²) in [5, 5.41) is 2.94. The number of benzene rings is 2. The lowest BCUT2D eigenvalue weighted by Gasteiger charge is -2.18. The number of nitrogens with one attached hydrogen (secondary N) is 1. The highest BCUT2D eigenvalue weighted by molar-refractivity contribution is 5.85. The van der Waals surface area contributed by atoms with E-state index in [1.807, 2.05) is 61.5 Å². The molecular weight excluding hydrogens is 350 g/mol. The number of hydrogen-bond donors (Lipinski definition) is 3. The van der Waals surface area contributed by atoms with Crippen LogP contribution in [0.3, 0.4) is 0 Å². The Bertz CT molecular complexity index is 650. The smallest absolute Gasteiger partial charge is 0.237 e. The molecule has 142 valence electrons. The molecule has 5 nitrogen and oxygen atoms in total. The average Bonchev–Trinajstić information content (AvgIpc) is 2.65. The third-order valence-electron chi connectivity index (χ3n) is 4.04. The lowest BCUT2D eigenvalue weighted by atomic mass is 10.1. The standard InChI is InChI=1S/C20H27N3O2.ClH/c1-15(23-20(24)19(22)8-5-13-21)17-9-11-18(12-10-17)25-14-16-6-3-2-4-7-16;/h2-4,6-7,9-12,15,19H,5,8,13-14,21-22H2,1H3,(H,23,24);1H/t15?,19-;/m1./s1. The molecule has 0 saturated heterocycles. The van der Waals surface area contributed by atoms with Gasteiger partial charge in [0.15, 0.2) is 0 Å². The Kier molecular flexibility index (Phi) is 9.73. The third kappa shape index (κ3) is 7.04. The van der Waals surface area contributed by atoms with Crippen molar-refractivity contribution < 1.29 is 9.53 Å². The molecule has 0 aliphatic carbocycles. The maximum absolute atomic E-state index is 12.1. The van der Waals surface area contributed by atoms with Gasteiger partial charge < -0.3 is 21.5 Å². The van der Waals surface area contributed by atoms with Crippen molar-refractivity contribution in [1.82, 2.24) is 5.32 Å². The van der Waals surface area contributed by atoms with Gasteiger partial charge in [-0.2, -0.15) is 0 Å². The fourth-order valence-corrected chi connectivity index (χ4v) is 2.47. The van der Waals surface area contributed by atoms with E-state index < -0.39 is 6.04 Å². The van der Waals surface area contributed by atoms with E-state index >= 15 is 0 Å². The summed E-state index contributed by atoms with van der Waals surface area (Å²) in [6.45, 7) is 3.01. The monoisotopic (exact) mass is 377 g/mol. The topological polar surface area (TPSA) is 90.4 Å². The van der Waals surface area contributed by atoms with Crippen LogP contribution in [0.1, 0.15) is 36.9 Å². The normalized spacial score (nSPS) is 12.6. The van der Waals surface area contributed by atoms with E-state index in [9.17, 15) is 4.79 Å². The molecule has 2 rings (SSSR count). The van der Waals surface area contributed by atoms with E-state index in [2.05, 4.69) is 5.32 Å². The van der Waals surface area contributed by atoms with Crippen molar-refractivity contribution >= 4 is 18.3 Å². The zero-order chi connectivity index (χ0) is 18.1. The molecule has 0 fully saturated rings. The van der Waals surface area contributed by atoms with Crippen LogP contribution in [0, 0.1) is 0 Å². The van der Waals surface area contributed by atoms with Crippen LogP contribution in [-0.2, 0) is 11.4 Å². The lowest BCUT2D eigenvalue weighted by Crippen LogP contribution is -2.41. The molecule has 0 bridgehead atoms. The van der Waals surface area contributed by atoms with E-state index in [1.54, 1.807) is 0 Å². The van der Waals surface area contributed by atoms with Crippen LogP contribution in [0.2, 0.25) is 0 Å². The molecule has 0 radical (unpaired) electrons. The minimum Gasteiger partial charge on any atom is -0.489 e. The van der Waals surface area contributed by atoms with Gasteiger partial charge >= 0.3 is 0 Å². The van der Waals surface area contributed by atoms with E-state index in [-0.39, 0.29) is 24.4 Å². The van der Waals surface area contributed by atoms with Gasteiger partial charge in [0.2, 0.25) is 5.91 Å². The molecule has 0 aromatic heterocycles. The molecule has 0 saturated carbocycles. The van der Waals surface area contributed by atoms with E-state index in [0.717, 1.165) is 23.3 Å². The Hall–Kier alpha value is -2.08. The number of rotatable bonds is 9. The summed E-state index contributed by atoms with van der Waals surface area (Å²) < 4.78 is 5.77. The molecule has 0 aliphatic rings. The van der Waals surface area contributed by atoms with Gasteiger partial charge in [0.05, 0.1) is 12.1 Å². The summed E-state index contributed by atoms with van der Waals surface area (Å²) in [4.78, 5) is 12.1. The van der Waals surface area contributed by atoms with Crippen LogP contribution >= 0.6 is 12.4 Å². The molecular formula is C20H28ClN3O2. The summed E-state index contributed by atoms with van der Waals surface area (Å²) in [5.74, 6) is 0.649. The van der Waals surface area contributed by atoms with Crippen molar-refractivity contribution in [3.63, 3.8) is 0 Å². The molecule has 2 aromatic carbocycles. The highest BCUT2D eigenvalue weighted by atomic mass is 35.5. The van der Waals surface area contributed by atoms with Gasteiger partial charge in [0.25, 0.3) is 0 Å². The maximum Gasteiger partial charge on any atom is 0.237 e. The zero-order valence-corrected chi connectivity index (χ0v) is 15.9. The molecule has 26 heavy (non-hydrogen) atoms. The van der Waals surface area contributed by atoms with Crippen LogP contribution < -0.4 is 21.5 Å². The van der Waals surface area contributed by atoms with E-state index in [4.69, 9.17) is 16.2 Å². The molecule has 0 spiro atoms. The Balaban J connectivity index is 0.00000338. The zero-order valence-electron chi connectivity index (χ0n) is 15.1. The highest BCUT2D eigenvalue weighted by Gasteiger charge is 2.16. The van der Waals surface area contributed by atoms with Crippen molar-refractivity contribution in [2.45, 2.75) is 38.5 Å². The van der Waals surface area contributed by atoms with Gasteiger partial charge in [-0.1, -0.05) is 42.5 Å². The van der Waals surface area contributed by atoms with Crippen molar-refractivity contribution in [2.24, 2.45) is 11.5 Å². The van der Waals surface area contributed by atoms with E-state index in [1.165, 1.54) is 0 Å². The highest BCUT2D eigenvalue weighted by Crippen LogP contribution is 2.19. The Morgan fingerprint density at radius 3 is 2.38 bits per heavy atom. The molecule has 6 heteroatoms. The maximum atomic E-state index is 12.1. The van der Waals surface area contributed by atoms with Crippen LogP contribution in [0.15, 0.2) is 54.6 Å². The van der Waals surface area contributed by atoms with Crippen molar-refractivity contribution in [3.8, 4) is 5.75 Å². The Morgan fingerprint density at radius 1 is 1.12 bits per heavy atom. The first-order valence-corrected chi connectivity index (χ1v) is 8.63. The molecule has 2 atom stereocenters. The fraction of sp³-hybridized carbons (Fsp3) is 0.350. The van der Waals surface area contributed by atoms with Crippen LogP contribution in [0.4, 0.5) is 0 Å². The van der Waals surface area contributed by atoms with Gasteiger partial charge in [-0.05, 0) is 49.6 Å². The number of nitrogens with two attached hydrogens (primary N) is 2. The van der Waals surface area contributed by atoms with Gasteiger partial charge in [-0.3, -0.25) is 4.79 Å². The SMILES string of the molecule is CC(NC(=O)[C@H](N)CCCN)c1ccc(OCc2ccccc2)cc1.Cl. The summed E-state index contributed by atoms with van der Waals surface area (Å²) in [5.41, 5.74) is 13.4. The minimum absolute atomic E-state index is 0. The van der Waals surface area contributed by atoms with Gasteiger partial charge in [0, 0.05) is 0 Å². The van der Waals surface area contributed by atoms with Crippen molar-refractivity contribution in [3.05, 3.63) is 65.7 Å². The quantitative estimate of drug-likeness (QED) is 0.626. The van der Waals surface area contributed by atoms with E-state index in [0.29, 0.717) is 19.6 Å². The second kappa shape index (κ2) is 11.5. The molecule has 0 heterocycles. The van der Waals surface area contributed by atoms with Gasteiger partial charge in [0.1, 0.15) is 12.4 Å². The fourth-order valence-electron chi connectivity index (χ4n) is 2.47. The largest absolute Gasteiger partial charge is 0.489 e. The number of halogens is 1. The number of amides is 1. The number of hydrogen-bond acceptors (Lipinski definition) is 4. The average molecular weight is 378 g/mol. The molecule has 2 aromatic rings. The molecule has 0 aliphatic heterocycles. The third-order valence-corrected chi connectivity index (χ3v) is 4.04. The number of ether oxygens (including phenoxy) is 1. The number of carbonyl (C=O) groups is 1. The predicted molar refractivity (Wildman–Crippen MR) is 107 cm³/mol. The summed E-state index contributed by atoms with van der Waals surface area (Å²) >= 11 is 0. The summed E-state index contributed by atoms with van der Waals surface area (Å²) in [6, 6.07) is 17.1. The Labute approximate surface area is 161 Å². The first kappa shape index (κ1) is 22.0. The molecule has 1 amide bonds. The summed E-state index contributed by atoms with van der Waals surface area (Å²) in [7, 11) is 0. The van der Waals surface area contributed by atoms with Crippen molar-refractivity contribution in [1.29, 1.82) is 0 Å². The predicted octanol–water partition coefficient (Wildman–Crippen LogP) is 2.93. The van der Waals surface area contributed by atoms with Crippen LogP contribution in [0.5, 0.6) is 5.75 Å². The van der Waals surface area contributed by atoms with Gasteiger partial charge in [-0.25, -0.2) is 0 Å². The van der Waals surface area contributed by atoms with Crippen LogP contribution in [-0.4, -0.2) is 18.5 Å². The minimum atomic E-state index is -0.514. The van der Waals surface area contributed by atoms with Crippen molar-refractivity contribution in [2.75, 3.05) is 6.54 Å². The first-order chi connectivity index (χ1) is 12.1. The molecule has 5 N–H and O–H groups in total. The Morgan fingerprint density at radius 2 is 1.77 bits per heavy atom. The van der Waals surface area contributed by atoms with Crippen LogP contribution in [0.25, 0.3) is 0 Å². The second-order valence-corrected chi connectivity index (χ2v) is 6.11. The second-order valence-electron chi connectivity index (χ2n) is 6.11. The van der Waals surface area contributed by atoms with Gasteiger partial charge in [-0.15, -0.1) is 12.4 Å². The molecule has 1 unspecified atom stereocenters. The first-order valence-electron chi connectivity index (χ1n) is 8.63.